The Hall–Kier alpha value is -3.57. The number of amides is 1. The van der Waals surface area contributed by atoms with E-state index in [1.807, 2.05) is 11.0 Å². The Morgan fingerprint density at radius 2 is 1.46 bits per heavy atom. The van der Waals surface area contributed by atoms with Crippen molar-refractivity contribution in [1.82, 2.24) is 14.8 Å². The second kappa shape index (κ2) is 10.9. The molecule has 4 aromatic rings. The van der Waals surface area contributed by atoms with Crippen molar-refractivity contribution in [2.75, 3.05) is 44.2 Å². The zero-order valence-corrected chi connectivity index (χ0v) is 23.5. The normalized spacial score (nSPS) is 17.2. The van der Waals surface area contributed by atoms with Crippen LogP contribution in [0, 0.1) is 20.8 Å². The highest BCUT2D eigenvalue weighted by Crippen LogP contribution is 2.34. The monoisotopic (exact) mass is 520 g/mol. The van der Waals surface area contributed by atoms with Gasteiger partial charge in [-0.15, -0.1) is 0 Å². The lowest BCUT2D eigenvalue weighted by atomic mass is 9.84. The topological polar surface area (TPSA) is 42.6 Å². The van der Waals surface area contributed by atoms with Crippen LogP contribution < -0.4 is 4.90 Å². The number of rotatable bonds is 5. The van der Waals surface area contributed by atoms with E-state index in [-0.39, 0.29) is 5.91 Å². The van der Waals surface area contributed by atoms with Crippen LogP contribution in [0.15, 0.2) is 66.7 Å². The summed E-state index contributed by atoms with van der Waals surface area (Å²) in [5, 5.41) is 1.18. The molecule has 0 radical (unpaired) electrons. The third-order valence-corrected chi connectivity index (χ3v) is 8.91. The van der Waals surface area contributed by atoms with Crippen LogP contribution in [0.25, 0.3) is 10.9 Å². The van der Waals surface area contributed by atoms with E-state index in [0.717, 1.165) is 75.4 Å². The van der Waals surface area contributed by atoms with Gasteiger partial charge in [0.15, 0.2) is 0 Å². The quantitative estimate of drug-likeness (QED) is 0.330. The van der Waals surface area contributed by atoms with E-state index in [2.05, 4.69) is 96.2 Å². The molecule has 0 saturated carbocycles. The minimum absolute atomic E-state index is 0.134. The van der Waals surface area contributed by atoms with Crippen molar-refractivity contribution in [3.8, 4) is 0 Å². The zero-order chi connectivity index (χ0) is 26.9. The molecule has 6 rings (SSSR count). The summed E-state index contributed by atoms with van der Waals surface area (Å²) in [6.07, 6.45) is 2.33. The number of hydrogen-bond acceptors (Lipinski definition) is 3. The summed E-state index contributed by atoms with van der Waals surface area (Å²) in [7, 11) is 0. The molecule has 5 nitrogen and oxygen atoms in total. The van der Waals surface area contributed by atoms with E-state index in [1.54, 1.807) is 5.56 Å². The number of piperidine rings is 1. The number of aryl methyl sites for hydroxylation is 3. The van der Waals surface area contributed by atoms with E-state index < -0.39 is 0 Å². The number of hydrogen-bond donors (Lipinski definition) is 1. The molecule has 2 aliphatic rings. The van der Waals surface area contributed by atoms with Gasteiger partial charge >= 0.3 is 0 Å². The average Bonchev–Trinajstić information content (AvgIpc) is 3.32. The van der Waals surface area contributed by atoms with Gasteiger partial charge in [0.2, 0.25) is 0 Å². The zero-order valence-electron chi connectivity index (χ0n) is 23.5. The number of anilines is 1. The smallest absolute Gasteiger partial charge is 0.270 e. The highest BCUT2D eigenvalue weighted by molar-refractivity contribution is 6.01. The van der Waals surface area contributed by atoms with Gasteiger partial charge < -0.3 is 14.8 Å². The minimum Gasteiger partial charge on any atom is -0.368 e. The Balaban J connectivity index is 1.17. The van der Waals surface area contributed by atoms with Crippen LogP contribution in [0.2, 0.25) is 0 Å². The molecule has 2 aliphatic heterocycles. The van der Waals surface area contributed by atoms with Gasteiger partial charge in [-0.25, -0.2) is 0 Å². The molecule has 2 fully saturated rings. The number of piperazine rings is 1. The summed E-state index contributed by atoms with van der Waals surface area (Å²) >= 11 is 0. The molecule has 0 atom stereocenters. The molecule has 3 heterocycles. The van der Waals surface area contributed by atoms with Crippen LogP contribution in [0.3, 0.4) is 0 Å². The van der Waals surface area contributed by atoms with Gasteiger partial charge in [0.1, 0.15) is 5.69 Å². The van der Waals surface area contributed by atoms with Crippen molar-refractivity contribution in [1.29, 1.82) is 0 Å². The second-order valence-corrected chi connectivity index (χ2v) is 11.5. The molecule has 2 saturated heterocycles. The fourth-order valence-electron chi connectivity index (χ4n) is 6.70. The van der Waals surface area contributed by atoms with E-state index in [9.17, 15) is 4.79 Å². The molecular weight excluding hydrogens is 480 g/mol. The number of nitrogens with zero attached hydrogens (tertiary/aromatic N) is 3. The van der Waals surface area contributed by atoms with Gasteiger partial charge in [-0.3, -0.25) is 9.69 Å². The lowest BCUT2D eigenvalue weighted by Gasteiger charge is -2.36. The number of likely N-dealkylation sites (tertiary alicyclic amines) is 1. The first-order valence-corrected chi connectivity index (χ1v) is 14.5. The van der Waals surface area contributed by atoms with E-state index in [0.29, 0.717) is 5.92 Å². The van der Waals surface area contributed by atoms with Crippen LogP contribution in [0.1, 0.15) is 57.1 Å². The van der Waals surface area contributed by atoms with Gasteiger partial charge in [-0.2, -0.15) is 0 Å². The lowest BCUT2D eigenvalue weighted by Crippen LogP contribution is -2.49. The molecule has 0 aliphatic carbocycles. The van der Waals surface area contributed by atoms with Crippen LogP contribution in [-0.2, 0) is 6.54 Å². The van der Waals surface area contributed by atoms with Crippen molar-refractivity contribution >= 4 is 22.5 Å². The van der Waals surface area contributed by atoms with E-state index in [4.69, 9.17) is 0 Å². The highest BCUT2D eigenvalue weighted by atomic mass is 16.2. The number of carbonyl (C=O) groups excluding carboxylic acids is 1. The first-order valence-electron chi connectivity index (χ1n) is 14.5. The van der Waals surface area contributed by atoms with Crippen LogP contribution in [-0.4, -0.2) is 60.0 Å². The van der Waals surface area contributed by atoms with Crippen molar-refractivity contribution in [2.24, 2.45) is 0 Å². The molecule has 5 heteroatoms. The number of H-pyrrole nitrogens is 1. The number of benzene rings is 3. The number of nitrogens with one attached hydrogen (secondary N) is 1. The second-order valence-electron chi connectivity index (χ2n) is 11.5. The van der Waals surface area contributed by atoms with Gasteiger partial charge in [0, 0.05) is 54.9 Å². The van der Waals surface area contributed by atoms with Crippen molar-refractivity contribution in [3.63, 3.8) is 0 Å². The molecule has 202 valence electrons. The van der Waals surface area contributed by atoms with Crippen LogP contribution >= 0.6 is 0 Å². The lowest BCUT2D eigenvalue weighted by molar-refractivity contribution is 0.0739. The van der Waals surface area contributed by atoms with Crippen LogP contribution in [0.4, 0.5) is 5.69 Å². The molecule has 0 bridgehead atoms. The molecule has 0 spiro atoms. The summed E-state index contributed by atoms with van der Waals surface area (Å²) in [4.78, 5) is 24.4. The first-order chi connectivity index (χ1) is 19.0. The summed E-state index contributed by atoms with van der Waals surface area (Å²) in [6, 6.07) is 23.8. The molecule has 3 aromatic carbocycles. The van der Waals surface area contributed by atoms with Crippen molar-refractivity contribution in [3.05, 3.63) is 100 Å². The van der Waals surface area contributed by atoms with E-state index in [1.165, 1.54) is 27.8 Å². The predicted octanol–water partition coefficient (Wildman–Crippen LogP) is 6.44. The van der Waals surface area contributed by atoms with Crippen molar-refractivity contribution < 1.29 is 4.79 Å². The fraction of sp³-hybridized carbons (Fsp3) is 0.382. The Labute approximate surface area is 232 Å². The largest absolute Gasteiger partial charge is 0.368 e. The molecule has 1 amide bonds. The Morgan fingerprint density at radius 1 is 0.795 bits per heavy atom. The molecule has 0 unspecified atom stereocenters. The Bertz CT molecular complexity index is 1430. The maximum absolute atomic E-state index is 13.9. The third kappa shape index (κ3) is 5.20. The maximum Gasteiger partial charge on any atom is 0.270 e. The average molecular weight is 521 g/mol. The predicted molar refractivity (Wildman–Crippen MR) is 161 cm³/mol. The SMILES string of the molecule is Cc1ccc(N2CCN(C(=O)c3[nH]c4ccccc4c3CN3CCC(c4c(C)cccc4C)CC3)CC2)cc1. The van der Waals surface area contributed by atoms with Gasteiger partial charge in [-0.1, -0.05) is 54.1 Å². The molecule has 1 aromatic heterocycles. The minimum atomic E-state index is 0.134. The van der Waals surface area contributed by atoms with E-state index >= 15 is 0 Å². The number of carbonyl (C=O) groups is 1. The number of fused-ring (bicyclic) bond motifs is 1. The summed E-state index contributed by atoms with van der Waals surface area (Å²) in [5.74, 6) is 0.756. The number of para-hydroxylation sites is 1. The standard InChI is InChI=1S/C34H40N4O/c1-24-11-13-28(14-12-24)37-19-21-38(22-20-37)34(39)33-30(29-9-4-5-10-31(29)35-33)23-36-17-15-27(16-18-36)32-25(2)7-6-8-26(32)3/h4-14,27,35H,15-23H2,1-3H3. The first kappa shape index (κ1) is 25.7. The molecular formula is C34H40N4O. The Morgan fingerprint density at radius 3 is 2.15 bits per heavy atom. The number of aromatic amines is 1. The fourth-order valence-corrected chi connectivity index (χ4v) is 6.70. The maximum atomic E-state index is 13.9. The van der Waals surface area contributed by atoms with Crippen LogP contribution in [0.5, 0.6) is 0 Å². The summed E-state index contributed by atoms with van der Waals surface area (Å²) in [5.41, 5.74) is 9.88. The van der Waals surface area contributed by atoms with Gasteiger partial charge in [-0.05, 0) is 87.5 Å². The third-order valence-electron chi connectivity index (χ3n) is 8.91. The van der Waals surface area contributed by atoms with Gasteiger partial charge in [0.25, 0.3) is 5.91 Å². The highest BCUT2D eigenvalue weighted by Gasteiger charge is 2.29. The van der Waals surface area contributed by atoms with Gasteiger partial charge in [0.05, 0.1) is 0 Å². The summed E-state index contributed by atoms with van der Waals surface area (Å²) < 4.78 is 0. The number of aromatic nitrogens is 1. The van der Waals surface area contributed by atoms with Crippen molar-refractivity contribution in [2.45, 2.75) is 46.1 Å². The Kier molecular flexibility index (Phi) is 7.18. The summed E-state index contributed by atoms with van der Waals surface area (Å²) in [6.45, 7) is 12.7. The molecule has 39 heavy (non-hydrogen) atoms. The molecule has 1 N–H and O–H groups in total.